The Morgan fingerprint density at radius 3 is 3.05 bits per heavy atom. The Balaban J connectivity index is 1.96. The van der Waals surface area contributed by atoms with Crippen LogP contribution in [-0.4, -0.2) is 17.6 Å². The van der Waals surface area contributed by atoms with Gasteiger partial charge in [-0.3, -0.25) is 9.78 Å². The molecule has 1 aromatic carbocycles. The summed E-state index contributed by atoms with van der Waals surface area (Å²) in [6.07, 6.45) is 3.31. The molecule has 1 unspecified atom stereocenters. The standard InChI is InChI=1S/C17H17ClN2O2/c1-2-22-17(21)13-5-3-10-7-11(9-20-16(10)13)14-8-12(18)4-6-15(14)19/h4,6-9,13H,2-3,5,19H2,1H3. The number of nitrogens with two attached hydrogens (primary N) is 1. The van der Waals surface area contributed by atoms with Gasteiger partial charge in [-0.25, -0.2) is 0 Å². The van der Waals surface area contributed by atoms with Crippen molar-refractivity contribution in [3.8, 4) is 11.1 Å². The van der Waals surface area contributed by atoms with Gasteiger partial charge in [0.05, 0.1) is 18.2 Å². The van der Waals surface area contributed by atoms with Crippen LogP contribution in [0.3, 0.4) is 0 Å². The fourth-order valence-electron chi connectivity index (χ4n) is 2.87. The number of esters is 1. The van der Waals surface area contributed by atoms with Crippen molar-refractivity contribution in [3.05, 3.63) is 46.7 Å². The summed E-state index contributed by atoms with van der Waals surface area (Å²) >= 11 is 6.05. The Labute approximate surface area is 134 Å². The van der Waals surface area contributed by atoms with Crippen LogP contribution in [0, 0.1) is 0 Å². The fraction of sp³-hybridized carbons (Fsp3) is 0.294. The van der Waals surface area contributed by atoms with Gasteiger partial charge < -0.3 is 10.5 Å². The second-order valence-electron chi connectivity index (χ2n) is 5.34. The number of benzene rings is 1. The van der Waals surface area contributed by atoms with Crippen molar-refractivity contribution in [2.24, 2.45) is 0 Å². The van der Waals surface area contributed by atoms with Gasteiger partial charge in [-0.1, -0.05) is 11.6 Å². The smallest absolute Gasteiger partial charge is 0.315 e. The zero-order valence-corrected chi connectivity index (χ0v) is 13.1. The van der Waals surface area contributed by atoms with Crippen molar-refractivity contribution < 1.29 is 9.53 Å². The summed E-state index contributed by atoms with van der Waals surface area (Å²) in [5.41, 5.74) is 10.4. The number of aryl methyl sites for hydroxylation is 1. The van der Waals surface area contributed by atoms with Crippen LogP contribution in [0.25, 0.3) is 11.1 Å². The van der Waals surface area contributed by atoms with Crippen LogP contribution in [-0.2, 0) is 16.0 Å². The summed E-state index contributed by atoms with van der Waals surface area (Å²) in [7, 11) is 0. The molecule has 0 fully saturated rings. The number of ether oxygens (including phenoxy) is 1. The van der Waals surface area contributed by atoms with Crippen molar-refractivity contribution in [2.45, 2.75) is 25.7 Å². The van der Waals surface area contributed by atoms with Crippen molar-refractivity contribution in [1.29, 1.82) is 0 Å². The number of fused-ring (bicyclic) bond motifs is 1. The average molecular weight is 317 g/mol. The molecule has 1 aliphatic rings. The molecule has 1 heterocycles. The van der Waals surface area contributed by atoms with Gasteiger partial charge in [-0.15, -0.1) is 0 Å². The molecule has 22 heavy (non-hydrogen) atoms. The molecule has 0 saturated heterocycles. The number of hydrogen-bond acceptors (Lipinski definition) is 4. The van der Waals surface area contributed by atoms with Crippen molar-refractivity contribution in [1.82, 2.24) is 4.98 Å². The maximum Gasteiger partial charge on any atom is 0.315 e. The van der Waals surface area contributed by atoms with E-state index in [0.717, 1.165) is 35.2 Å². The third kappa shape index (κ3) is 2.66. The van der Waals surface area contributed by atoms with Crippen molar-refractivity contribution in [2.75, 3.05) is 12.3 Å². The van der Waals surface area contributed by atoms with Crippen LogP contribution in [0.2, 0.25) is 5.02 Å². The highest BCUT2D eigenvalue weighted by Crippen LogP contribution is 2.36. The number of rotatable bonds is 3. The number of nitrogens with zero attached hydrogens (tertiary/aromatic N) is 1. The van der Waals surface area contributed by atoms with E-state index in [1.807, 2.05) is 19.1 Å². The first-order valence-corrected chi connectivity index (χ1v) is 7.68. The van der Waals surface area contributed by atoms with Gasteiger partial charge in [-0.2, -0.15) is 0 Å². The molecule has 0 aliphatic heterocycles. The minimum atomic E-state index is -0.249. The molecule has 2 aromatic rings. The number of halogens is 1. The van der Waals surface area contributed by atoms with Crippen LogP contribution in [0.4, 0.5) is 5.69 Å². The fourth-order valence-corrected chi connectivity index (χ4v) is 3.04. The monoisotopic (exact) mass is 316 g/mol. The van der Waals surface area contributed by atoms with Crippen LogP contribution >= 0.6 is 11.6 Å². The lowest BCUT2D eigenvalue weighted by molar-refractivity contribution is -0.145. The molecule has 0 radical (unpaired) electrons. The third-order valence-electron chi connectivity index (χ3n) is 3.93. The van der Waals surface area contributed by atoms with Crippen LogP contribution in [0.15, 0.2) is 30.5 Å². The zero-order chi connectivity index (χ0) is 15.7. The second kappa shape index (κ2) is 5.97. The molecule has 4 nitrogen and oxygen atoms in total. The number of nitrogen functional groups attached to an aromatic ring is 1. The first-order chi connectivity index (χ1) is 10.6. The maximum atomic E-state index is 12.0. The Hall–Kier alpha value is -2.07. The number of hydrogen-bond donors (Lipinski definition) is 1. The third-order valence-corrected chi connectivity index (χ3v) is 4.17. The van der Waals surface area contributed by atoms with E-state index in [2.05, 4.69) is 4.98 Å². The van der Waals surface area contributed by atoms with Crippen molar-refractivity contribution >= 4 is 23.3 Å². The van der Waals surface area contributed by atoms with Crippen LogP contribution in [0.5, 0.6) is 0 Å². The number of anilines is 1. The highest BCUT2D eigenvalue weighted by molar-refractivity contribution is 6.31. The van der Waals surface area contributed by atoms with E-state index in [-0.39, 0.29) is 11.9 Å². The van der Waals surface area contributed by atoms with Gasteiger partial charge >= 0.3 is 5.97 Å². The summed E-state index contributed by atoms with van der Waals surface area (Å²) < 4.78 is 5.12. The average Bonchev–Trinajstić information content (AvgIpc) is 2.93. The minimum Gasteiger partial charge on any atom is -0.465 e. The first kappa shape index (κ1) is 14.9. The molecule has 1 aromatic heterocycles. The Morgan fingerprint density at radius 2 is 2.27 bits per heavy atom. The molecule has 0 amide bonds. The van der Waals surface area contributed by atoms with Gasteiger partial charge in [0.25, 0.3) is 0 Å². The van der Waals surface area contributed by atoms with Gasteiger partial charge in [0.15, 0.2) is 0 Å². The Bertz CT molecular complexity index is 731. The molecule has 2 N–H and O–H groups in total. The quantitative estimate of drug-likeness (QED) is 0.694. The molecule has 114 valence electrons. The number of carbonyl (C=O) groups excluding carboxylic acids is 1. The normalized spacial score (nSPS) is 16.4. The number of aromatic nitrogens is 1. The minimum absolute atomic E-state index is 0.191. The summed E-state index contributed by atoms with van der Waals surface area (Å²) in [6, 6.07) is 7.42. The highest BCUT2D eigenvalue weighted by atomic mass is 35.5. The lowest BCUT2D eigenvalue weighted by Gasteiger charge is -2.11. The lowest BCUT2D eigenvalue weighted by Crippen LogP contribution is -2.14. The van der Waals surface area contributed by atoms with Gasteiger partial charge in [-0.05, 0) is 49.6 Å². The van der Waals surface area contributed by atoms with Crippen LogP contribution in [0.1, 0.15) is 30.5 Å². The Morgan fingerprint density at radius 1 is 1.45 bits per heavy atom. The van der Waals surface area contributed by atoms with E-state index in [1.54, 1.807) is 18.3 Å². The molecule has 5 heteroatoms. The predicted molar refractivity (Wildman–Crippen MR) is 86.8 cm³/mol. The van der Waals surface area contributed by atoms with Gasteiger partial charge in [0.1, 0.15) is 0 Å². The van der Waals surface area contributed by atoms with Crippen molar-refractivity contribution in [3.63, 3.8) is 0 Å². The lowest BCUT2D eigenvalue weighted by atomic mass is 10.0. The summed E-state index contributed by atoms with van der Waals surface area (Å²) in [6.45, 7) is 2.20. The molecular formula is C17H17ClN2O2. The van der Waals surface area contributed by atoms with Crippen LogP contribution < -0.4 is 5.73 Å². The second-order valence-corrected chi connectivity index (χ2v) is 5.78. The van der Waals surface area contributed by atoms with E-state index in [0.29, 0.717) is 17.3 Å². The first-order valence-electron chi connectivity index (χ1n) is 7.31. The molecule has 0 bridgehead atoms. The largest absolute Gasteiger partial charge is 0.465 e. The highest BCUT2D eigenvalue weighted by Gasteiger charge is 2.31. The Kier molecular flexibility index (Phi) is 4.03. The topological polar surface area (TPSA) is 65.2 Å². The molecular weight excluding hydrogens is 300 g/mol. The van der Waals surface area contributed by atoms with E-state index in [4.69, 9.17) is 22.1 Å². The van der Waals surface area contributed by atoms with E-state index >= 15 is 0 Å². The molecule has 0 saturated carbocycles. The predicted octanol–water partition coefficient (Wildman–Crippen LogP) is 3.58. The maximum absolute atomic E-state index is 12.0. The summed E-state index contributed by atoms with van der Waals surface area (Å²) in [5, 5.41) is 0.633. The van der Waals surface area contributed by atoms with Gasteiger partial charge in [0.2, 0.25) is 0 Å². The molecule has 0 spiro atoms. The van der Waals surface area contributed by atoms with E-state index in [9.17, 15) is 4.79 Å². The summed E-state index contributed by atoms with van der Waals surface area (Å²) in [4.78, 5) is 16.5. The number of carbonyl (C=O) groups is 1. The number of pyridine rings is 1. The zero-order valence-electron chi connectivity index (χ0n) is 12.3. The molecule has 1 aliphatic carbocycles. The van der Waals surface area contributed by atoms with E-state index < -0.39 is 0 Å². The summed E-state index contributed by atoms with van der Waals surface area (Å²) in [5.74, 6) is -0.440. The SMILES string of the molecule is CCOC(=O)C1CCc2cc(-c3cc(Cl)ccc3N)cnc21. The molecule has 1 atom stereocenters. The molecule has 3 rings (SSSR count). The van der Waals surface area contributed by atoms with E-state index in [1.165, 1.54) is 0 Å². The van der Waals surface area contributed by atoms with Gasteiger partial charge in [0, 0.05) is 28.0 Å².